The Labute approximate surface area is 150 Å². The van der Waals surface area contributed by atoms with E-state index in [2.05, 4.69) is 0 Å². The van der Waals surface area contributed by atoms with Crippen molar-refractivity contribution in [3.63, 3.8) is 0 Å². The van der Waals surface area contributed by atoms with E-state index < -0.39 is 17.1 Å². The number of nitrogens with zero attached hydrogens (tertiary/aromatic N) is 3. The van der Waals surface area contributed by atoms with Gasteiger partial charge in [0.25, 0.3) is 5.56 Å². The molecule has 1 saturated carbocycles. The number of aromatic nitrogens is 2. The Morgan fingerprint density at radius 3 is 2.54 bits per heavy atom. The van der Waals surface area contributed by atoms with Crippen molar-refractivity contribution in [3.05, 3.63) is 38.3 Å². The Balaban J connectivity index is 1.97. The van der Waals surface area contributed by atoms with Crippen LogP contribution in [0, 0.1) is 18.7 Å². The minimum Gasteiger partial charge on any atom is -0.369 e. The molecule has 26 heavy (non-hydrogen) atoms. The lowest BCUT2D eigenvalue weighted by Crippen LogP contribution is -2.44. The number of hydrogen-bond donors (Lipinski definition) is 2. The summed E-state index contributed by atoms with van der Waals surface area (Å²) in [6, 6.07) is 1.28. The molecule has 8 heteroatoms. The summed E-state index contributed by atoms with van der Waals surface area (Å²) in [6.45, 7) is 5.12. The van der Waals surface area contributed by atoms with Crippen LogP contribution in [0.2, 0.25) is 0 Å². The minimum absolute atomic E-state index is 0.0211. The first kappa shape index (κ1) is 17.1. The molecule has 4 N–H and O–H groups in total. The molecule has 1 aromatic heterocycles. The Hall–Kier alpha value is -2.35. The normalized spacial score (nSPS) is 21.5. The van der Waals surface area contributed by atoms with Crippen molar-refractivity contribution in [2.75, 3.05) is 23.8 Å². The largest absolute Gasteiger partial charge is 0.369 e. The van der Waals surface area contributed by atoms with Gasteiger partial charge >= 0.3 is 5.69 Å². The van der Waals surface area contributed by atoms with Crippen LogP contribution < -0.4 is 27.7 Å². The first-order valence-electron chi connectivity index (χ1n) is 9.07. The Kier molecular flexibility index (Phi) is 3.83. The number of halogens is 1. The molecule has 7 nitrogen and oxygen atoms in total. The van der Waals surface area contributed by atoms with Gasteiger partial charge in [0, 0.05) is 30.7 Å². The maximum absolute atomic E-state index is 15.0. The Bertz CT molecular complexity index is 1010. The molecular formula is C18H24FN5O2. The second kappa shape index (κ2) is 5.84. The van der Waals surface area contributed by atoms with E-state index in [-0.39, 0.29) is 17.5 Å². The van der Waals surface area contributed by atoms with Gasteiger partial charge in [-0.2, -0.15) is 4.68 Å². The van der Waals surface area contributed by atoms with E-state index in [1.807, 2.05) is 11.8 Å². The highest BCUT2D eigenvalue weighted by Gasteiger charge is 2.32. The number of fused-ring (bicyclic) bond motifs is 1. The van der Waals surface area contributed by atoms with Crippen molar-refractivity contribution < 1.29 is 4.39 Å². The lowest BCUT2D eigenvalue weighted by molar-refractivity contribution is 0.487. The van der Waals surface area contributed by atoms with Crippen molar-refractivity contribution in [2.45, 2.75) is 45.2 Å². The number of benzene rings is 1. The van der Waals surface area contributed by atoms with Gasteiger partial charge in [-0.15, -0.1) is 0 Å². The van der Waals surface area contributed by atoms with E-state index in [0.717, 1.165) is 19.3 Å². The van der Waals surface area contributed by atoms with E-state index in [0.29, 0.717) is 40.5 Å². The number of nitrogen functional groups attached to an aromatic ring is 1. The molecule has 1 aromatic carbocycles. The van der Waals surface area contributed by atoms with Crippen molar-refractivity contribution in [3.8, 4) is 0 Å². The van der Waals surface area contributed by atoms with Crippen LogP contribution in [0.3, 0.4) is 0 Å². The molecule has 0 spiro atoms. The van der Waals surface area contributed by atoms with Gasteiger partial charge in [-0.25, -0.2) is 9.18 Å². The molecule has 140 valence electrons. The summed E-state index contributed by atoms with van der Waals surface area (Å²) in [6.07, 6.45) is 2.61. The van der Waals surface area contributed by atoms with Crippen molar-refractivity contribution in [1.29, 1.82) is 0 Å². The van der Waals surface area contributed by atoms with Gasteiger partial charge in [-0.1, -0.05) is 0 Å². The minimum atomic E-state index is -0.662. The number of nitrogens with two attached hydrogens (primary N) is 2. The van der Waals surface area contributed by atoms with Gasteiger partial charge in [0.2, 0.25) is 0 Å². The van der Waals surface area contributed by atoms with E-state index in [4.69, 9.17) is 11.6 Å². The van der Waals surface area contributed by atoms with Gasteiger partial charge < -0.3 is 16.5 Å². The highest BCUT2D eigenvalue weighted by atomic mass is 19.1. The standard InChI is InChI=1S/C18H24FN5O2/c1-9-15-13(17(25)24(21)18(26)23(15)12-3-4-12)7-14(19)16(9)22-6-5-11(8-22)10(2)20/h7,10-12H,3-6,8,20-21H2,1-2H3/t10-,11?/m1/s1. The fraction of sp³-hybridized carbons (Fsp3) is 0.556. The average Bonchev–Trinajstić information content (AvgIpc) is 3.30. The summed E-state index contributed by atoms with van der Waals surface area (Å²) in [5, 5.41) is 0.153. The highest BCUT2D eigenvalue weighted by Crippen LogP contribution is 2.39. The van der Waals surface area contributed by atoms with Gasteiger partial charge in [0.15, 0.2) is 0 Å². The molecule has 1 saturated heterocycles. The quantitative estimate of drug-likeness (QED) is 0.789. The summed E-state index contributed by atoms with van der Waals surface area (Å²) < 4.78 is 17.1. The predicted octanol–water partition coefficient (Wildman–Crippen LogP) is 0.833. The molecule has 2 aromatic rings. The van der Waals surface area contributed by atoms with Crippen molar-refractivity contribution >= 4 is 16.6 Å². The topological polar surface area (TPSA) is 99.3 Å². The van der Waals surface area contributed by atoms with Crippen LogP contribution in [-0.4, -0.2) is 28.4 Å². The third kappa shape index (κ3) is 2.43. The Morgan fingerprint density at radius 2 is 1.96 bits per heavy atom. The molecule has 1 aliphatic heterocycles. The van der Waals surface area contributed by atoms with E-state index in [1.54, 1.807) is 11.5 Å². The van der Waals surface area contributed by atoms with Crippen LogP contribution in [0.5, 0.6) is 0 Å². The molecule has 0 bridgehead atoms. The van der Waals surface area contributed by atoms with Gasteiger partial charge in [-0.3, -0.25) is 9.36 Å². The SMILES string of the molecule is Cc1c(N2CCC([C@@H](C)N)C2)c(F)cc2c(=O)n(N)c(=O)n(C3CC3)c12. The second-order valence-corrected chi connectivity index (χ2v) is 7.64. The number of rotatable bonds is 3. The van der Waals surface area contributed by atoms with E-state index in [1.165, 1.54) is 6.07 Å². The average molecular weight is 361 g/mol. The monoisotopic (exact) mass is 361 g/mol. The molecule has 0 radical (unpaired) electrons. The van der Waals surface area contributed by atoms with Crippen molar-refractivity contribution in [1.82, 2.24) is 9.24 Å². The molecular weight excluding hydrogens is 337 g/mol. The summed E-state index contributed by atoms with van der Waals surface area (Å²) in [7, 11) is 0. The zero-order valence-corrected chi connectivity index (χ0v) is 15.0. The third-order valence-electron chi connectivity index (χ3n) is 5.76. The zero-order chi connectivity index (χ0) is 18.7. The molecule has 0 amide bonds. The first-order valence-corrected chi connectivity index (χ1v) is 9.07. The number of anilines is 1. The van der Waals surface area contributed by atoms with Crippen LogP contribution in [0.4, 0.5) is 10.1 Å². The predicted molar refractivity (Wildman–Crippen MR) is 99.6 cm³/mol. The van der Waals surface area contributed by atoms with E-state index >= 15 is 0 Å². The first-order chi connectivity index (χ1) is 12.3. The lowest BCUT2D eigenvalue weighted by Gasteiger charge is -2.24. The molecule has 1 unspecified atom stereocenters. The molecule has 2 heterocycles. The van der Waals surface area contributed by atoms with Crippen LogP contribution in [0.25, 0.3) is 10.9 Å². The zero-order valence-electron chi connectivity index (χ0n) is 15.0. The third-order valence-corrected chi connectivity index (χ3v) is 5.76. The molecule has 2 atom stereocenters. The van der Waals surface area contributed by atoms with Gasteiger partial charge in [0.05, 0.1) is 16.6 Å². The summed E-state index contributed by atoms with van der Waals surface area (Å²) in [5.41, 5.74) is 6.39. The maximum Gasteiger partial charge on any atom is 0.350 e. The molecule has 4 rings (SSSR count). The number of aryl methyl sites for hydroxylation is 1. The summed E-state index contributed by atoms with van der Waals surface area (Å²) >= 11 is 0. The Morgan fingerprint density at radius 1 is 1.27 bits per heavy atom. The fourth-order valence-corrected chi connectivity index (χ4v) is 4.14. The van der Waals surface area contributed by atoms with Crippen LogP contribution in [0.15, 0.2) is 15.7 Å². The molecule has 2 fully saturated rings. The highest BCUT2D eigenvalue weighted by molar-refractivity contribution is 5.87. The second-order valence-electron chi connectivity index (χ2n) is 7.64. The van der Waals surface area contributed by atoms with E-state index in [9.17, 15) is 14.0 Å². The maximum atomic E-state index is 15.0. The summed E-state index contributed by atoms with van der Waals surface area (Å²) in [5.74, 6) is 5.49. The van der Waals surface area contributed by atoms with Crippen LogP contribution in [0.1, 0.15) is 37.8 Å². The summed E-state index contributed by atoms with van der Waals surface area (Å²) in [4.78, 5) is 27.0. The van der Waals surface area contributed by atoms with Crippen molar-refractivity contribution in [2.24, 2.45) is 11.7 Å². The lowest BCUT2D eigenvalue weighted by atomic mass is 10.0. The van der Waals surface area contributed by atoms with Crippen LogP contribution >= 0.6 is 0 Å². The van der Waals surface area contributed by atoms with Gasteiger partial charge in [-0.05, 0) is 45.1 Å². The van der Waals surface area contributed by atoms with Crippen LogP contribution in [-0.2, 0) is 0 Å². The molecule has 2 aliphatic rings. The molecule has 1 aliphatic carbocycles. The smallest absolute Gasteiger partial charge is 0.350 e. The number of hydrogen-bond acceptors (Lipinski definition) is 5. The fourth-order valence-electron chi connectivity index (χ4n) is 4.14. The van der Waals surface area contributed by atoms with Gasteiger partial charge in [0.1, 0.15) is 5.82 Å².